The first-order valence-corrected chi connectivity index (χ1v) is 4.21. The van der Waals surface area contributed by atoms with Crippen LogP contribution in [0, 0.1) is 0 Å². The Morgan fingerprint density at radius 2 is 2.45 bits per heavy atom. The van der Waals surface area contributed by atoms with Crippen molar-refractivity contribution in [2.24, 2.45) is 10.9 Å². The average Bonchev–Trinajstić information content (AvgIpc) is 2.33. The highest BCUT2D eigenvalue weighted by Crippen LogP contribution is 1.96. The molecule has 0 aliphatic rings. The van der Waals surface area contributed by atoms with Crippen molar-refractivity contribution in [3.05, 3.63) is 18.0 Å². The molecule has 0 aliphatic carbocycles. The minimum atomic E-state index is -1.63. The number of hydrogen-bond donors (Lipinski definition) is 2. The molecule has 0 saturated carbocycles. The van der Waals surface area contributed by atoms with Crippen molar-refractivity contribution in [1.29, 1.82) is 0 Å². The lowest BCUT2D eigenvalue weighted by molar-refractivity contribution is 0.581. The Morgan fingerprint density at radius 3 is 2.73 bits per heavy atom. The first-order chi connectivity index (χ1) is 5.11. The predicted molar refractivity (Wildman–Crippen MR) is 45.8 cm³/mol. The third kappa shape index (κ3) is 1.90. The molecule has 11 heavy (non-hydrogen) atoms. The van der Waals surface area contributed by atoms with Crippen molar-refractivity contribution >= 4 is 28.8 Å². The number of aromatic nitrogens is 2. The molecule has 1 heterocycles. The molecule has 7 heteroatoms. The summed E-state index contributed by atoms with van der Waals surface area (Å²) in [5, 5.41) is 8.75. The van der Waals surface area contributed by atoms with Crippen molar-refractivity contribution in [3.8, 4) is 0 Å². The van der Waals surface area contributed by atoms with Gasteiger partial charge in [0.05, 0.1) is 6.20 Å². The lowest BCUT2D eigenvalue weighted by atomic mass is 10.4. The third-order valence-corrected chi connectivity index (χ3v) is 1.78. The van der Waals surface area contributed by atoms with Gasteiger partial charge < -0.3 is 10.3 Å². The highest BCUT2D eigenvalue weighted by molar-refractivity contribution is 7.87. The summed E-state index contributed by atoms with van der Waals surface area (Å²) in [4.78, 5) is 0.161. The molecule has 0 radical (unpaired) electrons. The topological polar surface area (TPSA) is 92.9 Å². The highest BCUT2D eigenvalue weighted by Gasteiger charge is 2.07. The third-order valence-electron chi connectivity index (χ3n) is 1.00. The first-order valence-electron chi connectivity index (χ1n) is 2.63. The molecular formula is C4H6N4OS2. The summed E-state index contributed by atoms with van der Waals surface area (Å²) in [5.41, 5.74) is 5.66. The van der Waals surface area contributed by atoms with E-state index >= 15 is 0 Å². The van der Waals surface area contributed by atoms with Crippen LogP contribution in [0.3, 0.4) is 0 Å². The molecule has 0 aliphatic heterocycles. The largest absolute Gasteiger partial charge is 0.572 e. The molecule has 0 amide bonds. The van der Waals surface area contributed by atoms with Gasteiger partial charge in [0.15, 0.2) is 11.5 Å². The highest BCUT2D eigenvalue weighted by atomic mass is 32.2. The average molecular weight is 190 g/mol. The fourth-order valence-corrected chi connectivity index (χ4v) is 0.997. The quantitative estimate of drug-likeness (QED) is 0.456. The Labute approximate surface area is 71.8 Å². The maximum atomic E-state index is 10.6. The standard InChI is InChI=1S/C4H6N4OS2/c5-4(10)3-1-2-8(7-3)11(6)9/h1-2H,6H2,(H2,5,10). The first kappa shape index (κ1) is 8.47. The van der Waals surface area contributed by atoms with Crippen LogP contribution in [0.2, 0.25) is 0 Å². The number of nitrogens with two attached hydrogens (primary N) is 2. The molecule has 0 aromatic carbocycles. The van der Waals surface area contributed by atoms with E-state index < -0.39 is 11.5 Å². The molecule has 1 aromatic rings. The second kappa shape index (κ2) is 3.18. The van der Waals surface area contributed by atoms with Crippen LogP contribution < -0.4 is 10.9 Å². The molecule has 1 rings (SSSR count). The predicted octanol–water partition coefficient (Wildman–Crippen LogP) is -1.10. The van der Waals surface area contributed by atoms with Crippen molar-refractivity contribution in [3.63, 3.8) is 0 Å². The van der Waals surface area contributed by atoms with Gasteiger partial charge in [-0.25, -0.2) is 0 Å². The molecule has 0 spiro atoms. The zero-order chi connectivity index (χ0) is 8.43. The molecule has 1 aromatic heterocycles. The van der Waals surface area contributed by atoms with Gasteiger partial charge in [-0.2, -0.15) is 0 Å². The summed E-state index contributed by atoms with van der Waals surface area (Å²) in [7, 11) is 0. The van der Waals surface area contributed by atoms with Gasteiger partial charge in [-0.15, -0.1) is 10.2 Å². The van der Waals surface area contributed by atoms with Gasteiger partial charge in [-0.3, -0.25) is 0 Å². The fourth-order valence-electron chi connectivity index (χ4n) is 0.539. The van der Waals surface area contributed by atoms with E-state index in [1.807, 2.05) is 0 Å². The fraction of sp³-hybridized carbons (Fsp3) is 0. The van der Waals surface area contributed by atoms with Gasteiger partial charge in [-0.1, -0.05) is 16.3 Å². The van der Waals surface area contributed by atoms with E-state index in [0.717, 1.165) is 4.09 Å². The van der Waals surface area contributed by atoms with Gasteiger partial charge in [0.25, 0.3) is 0 Å². The Hall–Kier alpha value is -0.630. The van der Waals surface area contributed by atoms with E-state index in [1.54, 1.807) is 6.07 Å². The minimum absolute atomic E-state index is 0.161. The van der Waals surface area contributed by atoms with Gasteiger partial charge >= 0.3 is 0 Å². The van der Waals surface area contributed by atoms with Crippen molar-refractivity contribution in [2.45, 2.75) is 0 Å². The van der Waals surface area contributed by atoms with Gasteiger partial charge in [-0.05, 0) is 6.07 Å². The van der Waals surface area contributed by atoms with Crippen LogP contribution in [0.5, 0.6) is 0 Å². The van der Waals surface area contributed by atoms with Crippen LogP contribution in [0.4, 0.5) is 0 Å². The number of nitrogens with zero attached hydrogens (tertiary/aromatic N) is 2. The minimum Gasteiger partial charge on any atom is -0.572 e. The summed E-state index contributed by atoms with van der Waals surface area (Å²) < 4.78 is 11.7. The van der Waals surface area contributed by atoms with E-state index in [2.05, 4.69) is 17.3 Å². The van der Waals surface area contributed by atoms with Crippen molar-refractivity contribution < 1.29 is 4.55 Å². The second-order valence-corrected chi connectivity index (χ2v) is 3.11. The van der Waals surface area contributed by atoms with Crippen LogP contribution >= 0.6 is 12.2 Å². The van der Waals surface area contributed by atoms with Crippen LogP contribution in [0.15, 0.2) is 12.3 Å². The molecule has 1 atom stereocenters. The number of thiocarbonyl (C=S) groups is 1. The van der Waals surface area contributed by atoms with E-state index in [4.69, 9.17) is 10.9 Å². The van der Waals surface area contributed by atoms with Crippen LogP contribution in [-0.2, 0) is 11.5 Å². The smallest absolute Gasteiger partial charge is 0.186 e. The normalized spacial score (nSPS) is 12.9. The Bertz CT molecular complexity index is 271. The summed E-state index contributed by atoms with van der Waals surface area (Å²) >= 11 is 2.99. The number of hydrogen-bond acceptors (Lipinski definition) is 4. The molecule has 1 unspecified atom stereocenters. The summed E-state index contributed by atoms with van der Waals surface area (Å²) in [6.07, 6.45) is 1.45. The van der Waals surface area contributed by atoms with Crippen LogP contribution in [-0.4, -0.2) is 18.7 Å². The molecule has 0 saturated heterocycles. The summed E-state index contributed by atoms with van der Waals surface area (Å²) in [5.74, 6) is 0. The molecule has 0 bridgehead atoms. The molecule has 5 nitrogen and oxygen atoms in total. The maximum absolute atomic E-state index is 10.6. The van der Waals surface area contributed by atoms with E-state index in [1.165, 1.54) is 6.20 Å². The monoisotopic (exact) mass is 190 g/mol. The van der Waals surface area contributed by atoms with Gasteiger partial charge in [0, 0.05) is 0 Å². The zero-order valence-corrected chi connectivity index (χ0v) is 7.06. The molecule has 4 N–H and O–H groups in total. The van der Waals surface area contributed by atoms with Crippen LogP contribution in [0.1, 0.15) is 5.69 Å². The summed E-state index contributed by atoms with van der Waals surface area (Å²) in [6, 6.07) is 1.55. The molecule has 0 fully saturated rings. The van der Waals surface area contributed by atoms with Crippen molar-refractivity contribution in [2.75, 3.05) is 0 Å². The van der Waals surface area contributed by atoms with Gasteiger partial charge in [0.1, 0.15) is 10.7 Å². The van der Waals surface area contributed by atoms with E-state index in [9.17, 15) is 4.55 Å². The van der Waals surface area contributed by atoms with Crippen LogP contribution in [0.25, 0.3) is 0 Å². The molecule has 60 valence electrons. The van der Waals surface area contributed by atoms with E-state index in [-0.39, 0.29) is 4.99 Å². The number of rotatable bonds is 2. The zero-order valence-electron chi connectivity index (χ0n) is 5.43. The molecular weight excluding hydrogens is 184 g/mol. The van der Waals surface area contributed by atoms with E-state index in [0.29, 0.717) is 5.69 Å². The van der Waals surface area contributed by atoms with Gasteiger partial charge in [0.2, 0.25) is 0 Å². The second-order valence-electron chi connectivity index (χ2n) is 1.74. The summed E-state index contributed by atoms with van der Waals surface area (Å²) in [6.45, 7) is 0. The van der Waals surface area contributed by atoms with Crippen molar-refractivity contribution in [1.82, 2.24) is 9.19 Å². The Morgan fingerprint density at radius 1 is 1.82 bits per heavy atom. The Balaban J connectivity index is 2.90. The lowest BCUT2D eigenvalue weighted by Gasteiger charge is -1.98. The SMILES string of the molecule is NC(=S)c1ccn([S+](N)[O-])n1. The Kier molecular flexibility index (Phi) is 2.45. The lowest BCUT2D eigenvalue weighted by Crippen LogP contribution is -2.23. The maximum Gasteiger partial charge on any atom is 0.186 e.